The van der Waals surface area contributed by atoms with E-state index in [2.05, 4.69) is 15.1 Å². The number of nitrogens with zero attached hydrogens (tertiary/aromatic N) is 6. The van der Waals surface area contributed by atoms with Crippen molar-refractivity contribution in [1.29, 1.82) is 5.26 Å². The molecule has 1 fully saturated rings. The summed E-state index contributed by atoms with van der Waals surface area (Å²) in [5.41, 5.74) is 2.00. The summed E-state index contributed by atoms with van der Waals surface area (Å²) in [5, 5.41) is 13.6. The van der Waals surface area contributed by atoms with Crippen LogP contribution in [-0.4, -0.2) is 37.9 Å². The largest absolute Gasteiger partial charge is 0.381 e. The molecule has 118 valence electrons. The molecule has 3 aromatic heterocycles. The number of hydrogen-bond acceptors (Lipinski definition) is 6. The molecule has 1 atom stereocenters. The molecule has 0 N–H and O–H groups in total. The predicted octanol–water partition coefficient (Wildman–Crippen LogP) is 2.10. The molecule has 7 heteroatoms. The summed E-state index contributed by atoms with van der Waals surface area (Å²) in [4.78, 5) is 13.0. The zero-order chi connectivity index (χ0) is 16.4. The van der Waals surface area contributed by atoms with Gasteiger partial charge in [-0.3, -0.25) is 4.98 Å². The zero-order valence-electron chi connectivity index (χ0n) is 12.8. The molecule has 4 rings (SSSR count). The summed E-state index contributed by atoms with van der Waals surface area (Å²) >= 11 is 0. The SMILES string of the molecule is N#Cc1ccc(-c2nc([C@H]3CCOC3)nn2-c2cccnc2)cn1. The van der Waals surface area contributed by atoms with Crippen molar-refractivity contribution in [1.82, 2.24) is 24.7 Å². The average Bonchev–Trinajstić information content (AvgIpc) is 3.32. The quantitative estimate of drug-likeness (QED) is 0.734. The molecule has 0 unspecified atom stereocenters. The first-order chi connectivity index (χ1) is 11.8. The monoisotopic (exact) mass is 318 g/mol. The molecule has 0 radical (unpaired) electrons. The molecule has 0 aromatic carbocycles. The van der Waals surface area contributed by atoms with Gasteiger partial charge in [0.15, 0.2) is 11.6 Å². The van der Waals surface area contributed by atoms with Crippen LogP contribution < -0.4 is 0 Å². The molecule has 24 heavy (non-hydrogen) atoms. The highest BCUT2D eigenvalue weighted by Gasteiger charge is 2.24. The average molecular weight is 318 g/mol. The normalized spacial score (nSPS) is 16.9. The first kappa shape index (κ1) is 14.5. The fourth-order valence-corrected chi connectivity index (χ4v) is 2.68. The maximum absolute atomic E-state index is 8.91. The van der Waals surface area contributed by atoms with Crippen LogP contribution >= 0.6 is 0 Å². The second-order valence-electron chi connectivity index (χ2n) is 5.52. The predicted molar refractivity (Wildman–Crippen MR) is 85.3 cm³/mol. The van der Waals surface area contributed by atoms with E-state index in [9.17, 15) is 0 Å². The number of aromatic nitrogens is 5. The molecule has 0 amide bonds. The van der Waals surface area contributed by atoms with Crippen molar-refractivity contribution >= 4 is 0 Å². The summed E-state index contributed by atoms with van der Waals surface area (Å²) in [7, 11) is 0. The van der Waals surface area contributed by atoms with Gasteiger partial charge < -0.3 is 4.74 Å². The molecule has 0 bridgehead atoms. The molecule has 0 aliphatic carbocycles. The highest BCUT2D eigenvalue weighted by molar-refractivity contribution is 5.57. The van der Waals surface area contributed by atoms with Crippen molar-refractivity contribution in [3.63, 3.8) is 0 Å². The lowest BCUT2D eigenvalue weighted by Crippen LogP contribution is -2.03. The van der Waals surface area contributed by atoms with Crippen molar-refractivity contribution in [3.8, 4) is 23.1 Å². The van der Waals surface area contributed by atoms with Gasteiger partial charge >= 0.3 is 0 Å². The Kier molecular flexibility index (Phi) is 3.73. The van der Waals surface area contributed by atoms with E-state index < -0.39 is 0 Å². The van der Waals surface area contributed by atoms with E-state index in [4.69, 9.17) is 15.0 Å². The number of rotatable bonds is 3. The first-order valence-electron chi connectivity index (χ1n) is 7.67. The van der Waals surface area contributed by atoms with Gasteiger partial charge in [-0.15, -0.1) is 0 Å². The third kappa shape index (κ3) is 2.64. The van der Waals surface area contributed by atoms with Gasteiger partial charge in [-0.1, -0.05) is 0 Å². The van der Waals surface area contributed by atoms with E-state index in [0.717, 1.165) is 30.1 Å². The van der Waals surface area contributed by atoms with Crippen LogP contribution in [0.25, 0.3) is 17.1 Å². The summed E-state index contributed by atoms with van der Waals surface area (Å²) in [6.07, 6.45) is 6.02. The van der Waals surface area contributed by atoms with Gasteiger partial charge in [0.1, 0.15) is 11.8 Å². The van der Waals surface area contributed by atoms with Crippen molar-refractivity contribution in [3.05, 3.63) is 54.4 Å². The van der Waals surface area contributed by atoms with E-state index >= 15 is 0 Å². The van der Waals surface area contributed by atoms with Crippen LogP contribution in [0, 0.1) is 11.3 Å². The lowest BCUT2D eigenvalue weighted by Gasteiger charge is -2.04. The topological polar surface area (TPSA) is 89.5 Å². The molecular weight excluding hydrogens is 304 g/mol. The van der Waals surface area contributed by atoms with Crippen LogP contribution in [0.3, 0.4) is 0 Å². The Morgan fingerprint density at radius 3 is 2.88 bits per heavy atom. The number of pyridine rings is 2. The second-order valence-corrected chi connectivity index (χ2v) is 5.52. The molecule has 1 saturated heterocycles. The van der Waals surface area contributed by atoms with E-state index in [-0.39, 0.29) is 5.92 Å². The summed E-state index contributed by atoms with van der Waals surface area (Å²) in [6, 6.07) is 9.31. The number of hydrogen-bond donors (Lipinski definition) is 0. The Hall–Kier alpha value is -3.11. The summed E-state index contributed by atoms with van der Waals surface area (Å²) < 4.78 is 7.22. The fraction of sp³-hybridized carbons (Fsp3) is 0.235. The number of nitriles is 1. The molecule has 0 spiro atoms. The van der Waals surface area contributed by atoms with E-state index in [1.165, 1.54) is 0 Å². The third-order valence-electron chi connectivity index (χ3n) is 3.95. The maximum atomic E-state index is 8.91. The van der Waals surface area contributed by atoms with Crippen LogP contribution in [-0.2, 0) is 4.74 Å². The Bertz CT molecular complexity index is 876. The van der Waals surface area contributed by atoms with Crippen LogP contribution in [0.15, 0.2) is 42.9 Å². The van der Waals surface area contributed by atoms with Gasteiger partial charge in [0.25, 0.3) is 0 Å². The lowest BCUT2D eigenvalue weighted by atomic mass is 10.1. The molecular formula is C17H14N6O. The van der Waals surface area contributed by atoms with Crippen molar-refractivity contribution < 1.29 is 4.74 Å². The minimum Gasteiger partial charge on any atom is -0.381 e. The second kappa shape index (κ2) is 6.18. The highest BCUT2D eigenvalue weighted by atomic mass is 16.5. The van der Waals surface area contributed by atoms with Crippen LogP contribution in [0.5, 0.6) is 0 Å². The van der Waals surface area contributed by atoms with Gasteiger partial charge in [-0.25, -0.2) is 14.6 Å². The standard InChI is InChI=1S/C17H14N6O/c18-8-14-4-3-12(9-20-14)17-21-16(13-5-7-24-11-13)22-23(17)15-2-1-6-19-10-15/h1-4,6,9-10,13H,5,7,11H2/t13-/m0/s1. The van der Waals surface area contributed by atoms with Gasteiger partial charge in [0, 0.05) is 30.5 Å². The molecule has 1 aliphatic rings. The lowest BCUT2D eigenvalue weighted by molar-refractivity contribution is 0.193. The molecule has 3 aromatic rings. The molecule has 0 saturated carbocycles. The van der Waals surface area contributed by atoms with Crippen molar-refractivity contribution in [2.75, 3.05) is 13.2 Å². The van der Waals surface area contributed by atoms with Crippen molar-refractivity contribution in [2.45, 2.75) is 12.3 Å². The van der Waals surface area contributed by atoms with Crippen LogP contribution in [0.2, 0.25) is 0 Å². The summed E-state index contributed by atoms with van der Waals surface area (Å²) in [6.45, 7) is 1.38. The van der Waals surface area contributed by atoms with Crippen LogP contribution in [0.4, 0.5) is 0 Å². The van der Waals surface area contributed by atoms with Crippen molar-refractivity contribution in [2.24, 2.45) is 0 Å². The van der Waals surface area contributed by atoms with Gasteiger partial charge in [0.05, 0.1) is 18.5 Å². The number of ether oxygens (including phenoxy) is 1. The maximum Gasteiger partial charge on any atom is 0.165 e. The first-order valence-corrected chi connectivity index (χ1v) is 7.67. The molecule has 1 aliphatic heterocycles. The Morgan fingerprint density at radius 2 is 2.21 bits per heavy atom. The van der Waals surface area contributed by atoms with Gasteiger partial charge in [0.2, 0.25) is 0 Å². The van der Waals surface area contributed by atoms with E-state index in [0.29, 0.717) is 18.1 Å². The van der Waals surface area contributed by atoms with Gasteiger partial charge in [-0.05, 0) is 30.7 Å². The Balaban J connectivity index is 1.82. The van der Waals surface area contributed by atoms with E-state index in [1.54, 1.807) is 29.3 Å². The fourth-order valence-electron chi connectivity index (χ4n) is 2.68. The minimum absolute atomic E-state index is 0.202. The minimum atomic E-state index is 0.202. The summed E-state index contributed by atoms with van der Waals surface area (Å²) in [5.74, 6) is 1.64. The highest BCUT2D eigenvalue weighted by Crippen LogP contribution is 2.27. The zero-order valence-corrected chi connectivity index (χ0v) is 12.8. The molecule has 4 heterocycles. The van der Waals surface area contributed by atoms with Crippen LogP contribution in [0.1, 0.15) is 23.9 Å². The Labute approximate surface area is 138 Å². The smallest absolute Gasteiger partial charge is 0.165 e. The van der Waals surface area contributed by atoms with Gasteiger partial charge in [-0.2, -0.15) is 10.4 Å². The van der Waals surface area contributed by atoms with E-state index in [1.807, 2.05) is 24.3 Å². The molecule has 7 nitrogen and oxygen atoms in total. The third-order valence-corrected chi connectivity index (χ3v) is 3.95. The Morgan fingerprint density at radius 1 is 1.25 bits per heavy atom.